The third-order valence-corrected chi connectivity index (χ3v) is 5.98. The van der Waals surface area contributed by atoms with E-state index in [2.05, 4.69) is 34.5 Å². The Morgan fingerprint density at radius 3 is 2.33 bits per heavy atom. The summed E-state index contributed by atoms with van der Waals surface area (Å²) in [4.78, 5) is 0.184. The van der Waals surface area contributed by atoms with Gasteiger partial charge < -0.3 is 4.74 Å². The van der Waals surface area contributed by atoms with E-state index in [1.54, 1.807) is 0 Å². The summed E-state index contributed by atoms with van der Waals surface area (Å²) in [5.41, 5.74) is 0. The van der Waals surface area contributed by atoms with Gasteiger partial charge in [-0.1, -0.05) is 42.6 Å². The SMILES string of the molecule is CCC(CC)C(Br)CNS(=O)(=O)N1CCOCC1. The van der Waals surface area contributed by atoms with E-state index in [1.807, 2.05) is 0 Å². The van der Waals surface area contributed by atoms with Gasteiger partial charge in [0.05, 0.1) is 13.2 Å². The van der Waals surface area contributed by atoms with Gasteiger partial charge in [0.2, 0.25) is 0 Å². The Hall–Kier alpha value is 0.310. The van der Waals surface area contributed by atoms with Crippen LogP contribution in [0.1, 0.15) is 26.7 Å². The highest BCUT2D eigenvalue weighted by Gasteiger charge is 2.25. The minimum Gasteiger partial charge on any atom is -0.379 e. The average Bonchev–Trinajstić information content (AvgIpc) is 2.39. The van der Waals surface area contributed by atoms with Crippen LogP contribution < -0.4 is 4.72 Å². The van der Waals surface area contributed by atoms with Crippen molar-refractivity contribution in [3.05, 3.63) is 0 Å². The average molecular weight is 343 g/mol. The van der Waals surface area contributed by atoms with Crippen LogP contribution in [0.2, 0.25) is 0 Å². The zero-order chi connectivity index (χ0) is 13.6. The van der Waals surface area contributed by atoms with E-state index in [4.69, 9.17) is 4.74 Å². The van der Waals surface area contributed by atoms with Crippen LogP contribution in [-0.4, -0.2) is 50.4 Å². The maximum absolute atomic E-state index is 12.0. The van der Waals surface area contributed by atoms with Crippen molar-refractivity contribution >= 4 is 26.1 Å². The Kier molecular flexibility index (Phi) is 7.08. The molecule has 0 aromatic carbocycles. The first-order valence-corrected chi connectivity index (χ1v) is 8.83. The lowest BCUT2D eigenvalue weighted by molar-refractivity contribution is 0.0725. The second-order valence-corrected chi connectivity index (χ2v) is 7.39. The molecule has 0 amide bonds. The molecule has 0 spiro atoms. The molecule has 0 radical (unpaired) electrons. The molecular weight excluding hydrogens is 320 g/mol. The molecule has 0 aromatic heterocycles. The smallest absolute Gasteiger partial charge is 0.279 e. The molecule has 1 atom stereocenters. The molecule has 108 valence electrons. The van der Waals surface area contributed by atoms with Crippen LogP contribution >= 0.6 is 15.9 Å². The van der Waals surface area contributed by atoms with Gasteiger partial charge in [0.1, 0.15) is 0 Å². The van der Waals surface area contributed by atoms with Crippen molar-refractivity contribution in [3.8, 4) is 0 Å². The summed E-state index contributed by atoms with van der Waals surface area (Å²) in [5.74, 6) is 0.498. The van der Waals surface area contributed by atoms with Crippen LogP contribution in [0.4, 0.5) is 0 Å². The van der Waals surface area contributed by atoms with E-state index in [1.165, 1.54) is 4.31 Å². The first kappa shape index (κ1) is 16.4. The lowest BCUT2D eigenvalue weighted by Crippen LogP contribution is -2.48. The molecule has 7 heteroatoms. The third-order valence-electron chi connectivity index (χ3n) is 3.33. The Bertz CT molecular complexity index is 327. The van der Waals surface area contributed by atoms with E-state index in [9.17, 15) is 8.42 Å². The maximum Gasteiger partial charge on any atom is 0.279 e. The summed E-state index contributed by atoms with van der Waals surface area (Å²) in [6, 6.07) is 0. The minimum atomic E-state index is -3.36. The number of ether oxygens (including phenoxy) is 1. The Labute approximate surface area is 119 Å². The molecule has 1 rings (SSSR count). The largest absolute Gasteiger partial charge is 0.379 e. The van der Waals surface area contributed by atoms with E-state index < -0.39 is 10.2 Å². The number of nitrogens with one attached hydrogen (secondary N) is 1. The normalized spacial score (nSPS) is 20.2. The summed E-state index contributed by atoms with van der Waals surface area (Å²) in [6.45, 7) is 6.51. The molecule has 0 aliphatic carbocycles. The van der Waals surface area contributed by atoms with Gasteiger partial charge in [0, 0.05) is 24.5 Å². The molecule has 1 aliphatic rings. The quantitative estimate of drug-likeness (QED) is 0.710. The number of rotatable bonds is 7. The van der Waals surface area contributed by atoms with E-state index in [0.29, 0.717) is 38.8 Å². The monoisotopic (exact) mass is 342 g/mol. The zero-order valence-electron chi connectivity index (χ0n) is 11.1. The van der Waals surface area contributed by atoms with Gasteiger partial charge in [-0.3, -0.25) is 0 Å². The molecule has 18 heavy (non-hydrogen) atoms. The second kappa shape index (κ2) is 7.79. The van der Waals surface area contributed by atoms with Crippen molar-refractivity contribution in [1.82, 2.24) is 9.03 Å². The van der Waals surface area contributed by atoms with Crippen LogP contribution in [0.3, 0.4) is 0 Å². The number of alkyl halides is 1. The second-order valence-electron chi connectivity index (χ2n) is 4.46. The van der Waals surface area contributed by atoms with Gasteiger partial charge in [-0.15, -0.1) is 0 Å². The predicted molar refractivity (Wildman–Crippen MR) is 76.1 cm³/mol. The van der Waals surface area contributed by atoms with Gasteiger partial charge in [-0.2, -0.15) is 12.7 Å². The summed E-state index contributed by atoms with van der Waals surface area (Å²) in [7, 11) is -3.36. The van der Waals surface area contributed by atoms with Crippen molar-refractivity contribution < 1.29 is 13.2 Å². The topological polar surface area (TPSA) is 58.6 Å². The Morgan fingerprint density at radius 2 is 1.83 bits per heavy atom. The highest BCUT2D eigenvalue weighted by molar-refractivity contribution is 9.09. The molecule has 0 bridgehead atoms. The number of halogens is 1. The molecule has 5 nitrogen and oxygen atoms in total. The van der Waals surface area contributed by atoms with Crippen LogP contribution in [-0.2, 0) is 14.9 Å². The molecule has 0 saturated carbocycles. The lowest BCUT2D eigenvalue weighted by Gasteiger charge is -2.27. The lowest BCUT2D eigenvalue weighted by atomic mass is 10.00. The summed E-state index contributed by atoms with van der Waals surface area (Å²) in [5, 5.41) is 0. The first-order chi connectivity index (χ1) is 8.51. The van der Waals surface area contributed by atoms with Crippen molar-refractivity contribution in [2.45, 2.75) is 31.5 Å². The van der Waals surface area contributed by atoms with Gasteiger partial charge in [0.15, 0.2) is 0 Å². The van der Waals surface area contributed by atoms with Crippen LogP contribution in [0, 0.1) is 5.92 Å². The van der Waals surface area contributed by atoms with Gasteiger partial charge in [0.25, 0.3) is 10.2 Å². The standard InChI is InChI=1S/C11H23BrN2O3S/c1-3-10(4-2)11(12)9-13-18(15,16)14-5-7-17-8-6-14/h10-11,13H,3-9H2,1-2H3. The number of hydrogen-bond donors (Lipinski definition) is 1. The summed E-state index contributed by atoms with van der Waals surface area (Å²) >= 11 is 3.57. The van der Waals surface area contributed by atoms with Crippen LogP contribution in [0.15, 0.2) is 0 Å². The van der Waals surface area contributed by atoms with Gasteiger partial charge >= 0.3 is 0 Å². The highest BCUT2D eigenvalue weighted by atomic mass is 79.9. The first-order valence-electron chi connectivity index (χ1n) is 6.47. The summed E-state index contributed by atoms with van der Waals surface area (Å²) < 4.78 is 33.3. The maximum atomic E-state index is 12.0. The number of morpholine rings is 1. The molecule has 1 saturated heterocycles. The van der Waals surface area contributed by atoms with Crippen LogP contribution in [0.25, 0.3) is 0 Å². The Balaban J connectivity index is 2.45. The van der Waals surface area contributed by atoms with Crippen molar-refractivity contribution in [2.75, 3.05) is 32.8 Å². The summed E-state index contributed by atoms with van der Waals surface area (Å²) in [6.07, 6.45) is 2.09. The molecule has 1 heterocycles. The fraction of sp³-hybridized carbons (Fsp3) is 1.00. The minimum absolute atomic E-state index is 0.184. The molecule has 0 aromatic rings. The van der Waals surface area contributed by atoms with Gasteiger partial charge in [-0.25, -0.2) is 4.72 Å². The van der Waals surface area contributed by atoms with E-state index >= 15 is 0 Å². The van der Waals surface area contributed by atoms with Gasteiger partial charge in [-0.05, 0) is 5.92 Å². The van der Waals surface area contributed by atoms with E-state index in [-0.39, 0.29) is 4.83 Å². The number of nitrogens with zero attached hydrogens (tertiary/aromatic N) is 1. The molecule has 1 fully saturated rings. The molecule has 1 N–H and O–H groups in total. The fourth-order valence-electron chi connectivity index (χ4n) is 2.03. The fourth-order valence-corrected chi connectivity index (χ4v) is 4.36. The predicted octanol–water partition coefficient (Wildman–Crippen LogP) is 1.35. The van der Waals surface area contributed by atoms with Crippen LogP contribution in [0.5, 0.6) is 0 Å². The highest BCUT2D eigenvalue weighted by Crippen LogP contribution is 2.19. The third kappa shape index (κ3) is 4.77. The molecule has 1 aliphatic heterocycles. The van der Waals surface area contributed by atoms with E-state index in [0.717, 1.165) is 12.8 Å². The van der Waals surface area contributed by atoms with Crippen molar-refractivity contribution in [3.63, 3.8) is 0 Å². The zero-order valence-corrected chi connectivity index (χ0v) is 13.5. The molecule has 1 unspecified atom stereocenters. The van der Waals surface area contributed by atoms with Crippen molar-refractivity contribution in [1.29, 1.82) is 0 Å². The number of hydrogen-bond acceptors (Lipinski definition) is 3. The van der Waals surface area contributed by atoms with Crippen molar-refractivity contribution in [2.24, 2.45) is 5.92 Å². The Morgan fingerprint density at radius 1 is 1.28 bits per heavy atom. The molecular formula is C11H23BrN2O3S.